The Hall–Kier alpha value is -0.860. The average Bonchev–Trinajstić information content (AvgIpc) is 2.45. The lowest BCUT2D eigenvalue weighted by Gasteiger charge is -2.36. The molecule has 0 bridgehead atoms. The van der Waals surface area contributed by atoms with Gasteiger partial charge in [-0.2, -0.15) is 0 Å². The van der Waals surface area contributed by atoms with E-state index in [0.29, 0.717) is 6.42 Å². The minimum absolute atomic E-state index is 0.0706. The van der Waals surface area contributed by atoms with Crippen LogP contribution in [-0.4, -0.2) is 30.2 Å². The molecular weight excluding hydrogens is 166 g/mol. The van der Waals surface area contributed by atoms with Crippen molar-refractivity contribution in [2.75, 3.05) is 13.6 Å². The van der Waals surface area contributed by atoms with E-state index in [1.54, 1.807) is 11.9 Å². The molecule has 2 fully saturated rings. The summed E-state index contributed by atoms with van der Waals surface area (Å²) >= 11 is 0. The fourth-order valence-electron chi connectivity index (χ4n) is 2.61. The van der Waals surface area contributed by atoms with Gasteiger partial charge in [0.05, 0.1) is 0 Å². The van der Waals surface area contributed by atoms with Crippen LogP contribution >= 0.6 is 0 Å². The molecule has 0 aromatic rings. The second-order valence-electron chi connectivity index (χ2n) is 4.19. The van der Waals surface area contributed by atoms with Gasteiger partial charge in [0.25, 0.3) is 0 Å². The molecule has 0 N–H and O–H groups in total. The SMILES string of the molecule is CN1CCC[C@]2(CCCC2=O)C1=O. The number of carbonyl (C=O) groups is 2. The van der Waals surface area contributed by atoms with Crippen LogP contribution in [0.15, 0.2) is 0 Å². The quantitative estimate of drug-likeness (QED) is 0.522. The zero-order valence-corrected chi connectivity index (χ0v) is 8.01. The Labute approximate surface area is 78.1 Å². The van der Waals surface area contributed by atoms with Crippen LogP contribution in [-0.2, 0) is 9.59 Å². The van der Waals surface area contributed by atoms with E-state index in [-0.39, 0.29) is 11.7 Å². The number of ketones is 1. The van der Waals surface area contributed by atoms with Crippen molar-refractivity contribution < 1.29 is 9.59 Å². The highest BCUT2D eigenvalue weighted by Gasteiger charge is 2.50. The molecule has 1 spiro atoms. The summed E-state index contributed by atoms with van der Waals surface area (Å²) in [5, 5.41) is 0. The number of nitrogens with zero attached hydrogens (tertiary/aromatic N) is 1. The van der Waals surface area contributed by atoms with Crippen LogP contribution in [0.4, 0.5) is 0 Å². The van der Waals surface area contributed by atoms with E-state index >= 15 is 0 Å². The fourth-order valence-corrected chi connectivity index (χ4v) is 2.61. The summed E-state index contributed by atoms with van der Waals surface area (Å²) in [5.74, 6) is 0.255. The van der Waals surface area contributed by atoms with Crippen molar-refractivity contribution in [1.82, 2.24) is 4.90 Å². The molecule has 1 heterocycles. The molecule has 1 saturated carbocycles. The number of hydrogen-bond donors (Lipinski definition) is 0. The van der Waals surface area contributed by atoms with Crippen molar-refractivity contribution in [1.29, 1.82) is 0 Å². The van der Waals surface area contributed by atoms with Crippen LogP contribution in [0.2, 0.25) is 0 Å². The largest absolute Gasteiger partial charge is 0.345 e. The second kappa shape index (κ2) is 2.82. The lowest BCUT2D eigenvalue weighted by atomic mass is 9.77. The van der Waals surface area contributed by atoms with Gasteiger partial charge in [-0.25, -0.2) is 0 Å². The molecule has 3 nitrogen and oxygen atoms in total. The van der Waals surface area contributed by atoms with Gasteiger partial charge in [0.1, 0.15) is 11.2 Å². The van der Waals surface area contributed by atoms with E-state index in [9.17, 15) is 9.59 Å². The predicted molar refractivity (Wildman–Crippen MR) is 48.2 cm³/mol. The zero-order valence-electron chi connectivity index (χ0n) is 8.01. The van der Waals surface area contributed by atoms with Crippen molar-refractivity contribution in [3.63, 3.8) is 0 Å². The highest BCUT2D eigenvalue weighted by molar-refractivity contribution is 6.07. The van der Waals surface area contributed by atoms with E-state index in [2.05, 4.69) is 0 Å². The van der Waals surface area contributed by atoms with Crippen LogP contribution in [0, 0.1) is 5.41 Å². The normalized spacial score (nSPS) is 34.7. The highest BCUT2D eigenvalue weighted by Crippen LogP contribution is 2.42. The molecule has 2 rings (SSSR count). The van der Waals surface area contributed by atoms with Gasteiger partial charge in [-0.1, -0.05) is 0 Å². The predicted octanol–water partition coefficient (Wildman–Crippen LogP) is 0.978. The molecule has 0 radical (unpaired) electrons. The van der Waals surface area contributed by atoms with E-state index in [0.717, 1.165) is 32.2 Å². The third kappa shape index (κ3) is 1.10. The first-order chi connectivity index (χ1) is 6.17. The molecule has 13 heavy (non-hydrogen) atoms. The van der Waals surface area contributed by atoms with Gasteiger partial charge in [-0.3, -0.25) is 9.59 Å². The molecule has 1 aliphatic carbocycles. The van der Waals surface area contributed by atoms with Gasteiger partial charge < -0.3 is 4.90 Å². The summed E-state index contributed by atoms with van der Waals surface area (Å²) in [4.78, 5) is 25.2. The number of piperidine rings is 1. The number of Topliss-reactive ketones (excluding diaryl/α,β-unsaturated/α-hetero) is 1. The lowest BCUT2D eigenvalue weighted by molar-refractivity contribution is -0.150. The van der Waals surface area contributed by atoms with Crippen LogP contribution in [0.5, 0.6) is 0 Å². The number of rotatable bonds is 0. The number of hydrogen-bond acceptors (Lipinski definition) is 2. The Morgan fingerprint density at radius 1 is 1.23 bits per heavy atom. The number of carbonyl (C=O) groups excluding carboxylic acids is 2. The van der Waals surface area contributed by atoms with Crippen molar-refractivity contribution >= 4 is 11.7 Å². The molecular formula is C10H15NO2. The summed E-state index contributed by atoms with van der Waals surface area (Å²) in [5.41, 5.74) is -0.590. The maximum absolute atomic E-state index is 11.9. The zero-order chi connectivity index (χ0) is 9.47. The third-order valence-electron chi connectivity index (χ3n) is 3.39. The Morgan fingerprint density at radius 2 is 1.92 bits per heavy atom. The summed E-state index contributed by atoms with van der Waals surface area (Å²) in [7, 11) is 1.80. The minimum atomic E-state index is -0.590. The van der Waals surface area contributed by atoms with Gasteiger partial charge in [0, 0.05) is 20.0 Å². The molecule has 3 heteroatoms. The first-order valence-electron chi connectivity index (χ1n) is 4.96. The molecule has 0 unspecified atom stereocenters. The maximum Gasteiger partial charge on any atom is 0.236 e. The Morgan fingerprint density at radius 3 is 2.54 bits per heavy atom. The van der Waals surface area contributed by atoms with Gasteiger partial charge >= 0.3 is 0 Å². The van der Waals surface area contributed by atoms with Gasteiger partial charge in [0.2, 0.25) is 5.91 Å². The Kier molecular flexibility index (Phi) is 1.90. The summed E-state index contributed by atoms with van der Waals surface area (Å²) in [6.45, 7) is 0.813. The van der Waals surface area contributed by atoms with E-state index in [1.165, 1.54) is 0 Å². The van der Waals surface area contributed by atoms with Crippen LogP contribution < -0.4 is 0 Å². The van der Waals surface area contributed by atoms with Gasteiger partial charge in [-0.15, -0.1) is 0 Å². The molecule has 1 atom stereocenters. The Balaban J connectivity index is 2.29. The van der Waals surface area contributed by atoms with E-state index in [1.807, 2.05) is 0 Å². The van der Waals surface area contributed by atoms with Crippen LogP contribution in [0.1, 0.15) is 32.1 Å². The van der Waals surface area contributed by atoms with Gasteiger partial charge in [-0.05, 0) is 25.7 Å². The summed E-state index contributed by atoms with van der Waals surface area (Å²) < 4.78 is 0. The van der Waals surface area contributed by atoms with Crippen molar-refractivity contribution in [2.24, 2.45) is 5.41 Å². The van der Waals surface area contributed by atoms with Crippen LogP contribution in [0.3, 0.4) is 0 Å². The van der Waals surface area contributed by atoms with E-state index < -0.39 is 5.41 Å². The molecule has 72 valence electrons. The van der Waals surface area contributed by atoms with E-state index in [4.69, 9.17) is 0 Å². The molecule has 2 aliphatic rings. The fraction of sp³-hybridized carbons (Fsp3) is 0.800. The monoisotopic (exact) mass is 181 g/mol. The topological polar surface area (TPSA) is 37.4 Å². The summed E-state index contributed by atoms with van der Waals surface area (Å²) in [6.07, 6.45) is 4.07. The first-order valence-corrected chi connectivity index (χ1v) is 4.96. The lowest BCUT2D eigenvalue weighted by Crippen LogP contribution is -2.49. The Bertz CT molecular complexity index is 262. The third-order valence-corrected chi connectivity index (χ3v) is 3.39. The first kappa shape index (κ1) is 8.73. The smallest absolute Gasteiger partial charge is 0.236 e. The number of likely N-dealkylation sites (tertiary alicyclic amines) is 1. The minimum Gasteiger partial charge on any atom is -0.345 e. The standard InChI is InChI=1S/C10H15NO2/c1-11-7-3-6-10(9(11)13)5-2-4-8(10)12/h2-7H2,1H3/t10-/m0/s1. The molecule has 0 aromatic carbocycles. The molecule has 0 aromatic heterocycles. The van der Waals surface area contributed by atoms with Crippen LogP contribution in [0.25, 0.3) is 0 Å². The molecule has 1 saturated heterocycles. The summed E-state index contributed by atoms with van der Waals surface area (Å²) in [6, 6.07) is 0. The van der Waals surface area contributed by atoms with Crippen molar-refractivity contribution in [2.45, 2.75) is 32.1 Å². The number of amides is 1. The molecule has 1 aliphatic heterocycles. The van der Waals surface area contributed by atoms with Crippen molar-refractivity contribution in [3.05, 3.63) is 0 Å². The average molecular weight is 181 g/mol. The van der Waals surface area contributed by atoms with Gasteiger partial charge in [0.15, 0.2) is 0 Å². The maximum atomic E-state index is 11.9. The molecule has 1 amide bonds. The highest BCUT2D eigenvalue weighted by atomic mass is 16.2. The van der Waals surface area contributed by atoms with Crippen molar-refractivity contribution in [3.8, 4) is 0 Å². The second-order valence-corrected chi connectivity index (χ2v) is 4.19.